The Kier molecular flexibility index (Phi) is 4.47. The van der Waals surface area contributed by atoms with E-state index in [1.165, 1.54) is 0 Å². The van der Waals surface area contributed by atoms with Crippen molar-refractivity contribution in [1.29, 1.82) is 0 Å². The Labute approximate surface area is 115 Å². The van der Waals surface area contributed by atoms with E-state index in [2.05, 4.69) is 17.1 Å². The number of anilines is 1. The largest absolute Gasteiger partial charge is 0.365 e. The molecule has 4 nitrogen and oxygen atoms in total. The number of hydrogen-bond acceptors (Lipinski definition) is 4. The summed E-state index contributed by atoms with van der Waals surface area (Å²) in [6.45, 7) is 6.65. The third-order valence-electron chi connectivity index (χ3n) is 3.48. The highest BCUT2D eigenvalue weighted by Gasteiger charge is 2.25. The number of para-hydroxylation sites is 1. The Hall–Kier alpha value is -1.07. The van der Waals surface area contributed by atoms with Crippen LogP contribution in [0.3, 0.4) is 0 Å². The van der Waals surface area contributed by atoms with Crippen molar-refractivity contribution in [2.24, 2.45) is 0 Å². The van der Waals surface area contributed by atoms with Crippen LogP contribution in [0.15, 0.2) is 29.2 Å². The third-order valence-corrected chi connectivity index (χ3v) is 5.44. The molecule has 1 N–H and O–H groups in total. The molecule has 1 atom stereocenters. The molecule has 0 saturated carbocycles. The van der Waals surface area contributed by atoms with Gasteiger partial charge in [0.15, 0.2) is 9.84 Å². The van der Waals surface area contributed by atoms with Gasteiger partial charge < -0.3 is 10.2 Å². The molecule has 0 radical (unpaired) electrons. The number of benzene rings is 1. The lowest BCUT2D eigenvalue weighted by Crippen LogP contribution is -2.50. The van der Waals surface area contributed by atoms with Gasteiger partial charge in [0, 0.05) is 25.7 Å². The fraction of sp³-hybridized carbons (Fsp3) is 0.571. The molecule has 0 aliphatic carbocycles. The van der Waals surface area contributed by atoms with E-state index in [4.69, 9.17) is 0 Å². The van der Waals surface area contributed by atoms with Crippen molar-refractivity contribution in [2.75, 3.05) is 30.3 Å². The van der Waals surface area contributed by atoms with Crippen molar-refractivity contribution in [3.8, 4) is 0 Å². The van der Waals surface area contributed by atoms with Gasteiger partial charge >= 0.3 is 0 Å². The molecular weight excluding hydrogens is 260 g/mol. The molecule has 1 unspecified atom stereocenters. The van der Waals surface area contributed by atoms with Crippen molar-refractivity contribution in [1.82, 2.24) is 5.32 Å². The van der Waals surface area contributed by atoms with Crippen LogP contribution in [0.25, 0.3) is 0 Å². The number of piperazine rings is 1. The number of nitrogens with one attached hydrogen (secondary N) is 1. The van der Waals surface area contributed by atoms with Crippen LogP contribution in [-0.4, -0.2) is 39.8 Å². The topological polar surface area (TPSA) is 49.4 Å². The molecule has 19 heavy (non-hydrogen) atoms. The van der Waals surface area contributed by atoms with E-state index in [9.17, 15) is 8.42 Å². The molecular formula is C14H22N2O2S. The summed E-state index contributed by atoms with van der Waals surface area (Å²) in [5.74, 6) is 0.213. The Balaban J connectivity index is 2.41. The number of nitrogens with zero attached hydrogens (tertiary/aromatic N) is 1. The second-order valence-electron chi connectivity index (χ2n) is 5.03. The normalized spacial score (nSPS) is 20.5. The molecule has 1 aromatic carbocycles. The Bertz CT molecular complexity index is 528. The van der Waals surface area contributed by atoms with E-state index >= 15 is 0 Å². The molecule has 1 fully saturated rings. The Morgan fingerprint density at radius 1 is 1.37 bits per heavy atom. The van der Waals surface area contributed by atoms with E-state index < -0.39 is 9.84 Å². The van der Waals surface area contributed by atoms with Crippen molar-refractivity contribution < 1.29 is 8.42 Å². The average Bonchev–Trinajstić information content (AvgIpc) is 2.39. The van der Waals surface area contributed by atoms with Gasteiger partial charge in [0.2, 0.25) is 0 Å². The van der Waals surface area contributed by atoms with E-state index in [0.29, 0.717) is 17.4 Å². The summed E-state index contributed by atoms with van der Waals surface area (Å²) < 4.78 is 24.7. The molecule has 0 aromatic heterocycles. The van der Waals surface area contributed by atoms with Crippen molar-refractivity contribution in [2.45, 2.75) is 31.2 Å². The quantitative estimate of drug-likeness (QED) is 0.912. The van der Waals surface area contributed by atoms with Gasteiger partial charge in [0.25, 0.3) is 0 Å². The lowest BCUT2D eigenvalue weighted by Gasteiger charge is -2.36. The van der Waals surface area contributed by atoms with E-state index in [1.807, 2.05) is 19.1 Å². The molecule has 1 heterocycles. The second kappa shape index (κ2) is 5.92. The predicted octanol–water partition coefficient (Wildman–Crippen LogP) is 1.67. The second-order valence-corrected chi connectivity index (χ2v) is 7.11. The molecule has 1 aliphatic rings. The first-order valence-corrected chi connectivity index (χ1v) is 8.50. The van der Waals surface area contributed by atoms with Crippen LogP contribution >= 0.6 is 0 Å². The minimum Gasteiger partial charge on any atom is -0.365 e. The molecule has 1 saturated heterocycles. The number of sulfone groups is 1. The zero-order valence-corrected chi connectivity index (χ0v) is 12.4. The average molecular weight is 282 g/mol. The van der Waals surface area contributed by atoms with Crippen LogP contribution < -0.4 is 10.2 Å². The van der Waals surface area contributed by atoms with Gasteiger partial charge in [0.1, 0.15) is 0 Å². The van der Waals surface area contributed by atoms with E-state index in [1.54, 1.807) is 12.1 Å². The maximum Gasteiger partial charge on any atom is 0.180 e. The molecule has 0 amide bonds. The summed E-state index contributed by atoms with van der Waals surface area (Å²) in [6, 6.07) is 7.68. The van der Waals surface area contributed by atoms with E-state index in [0.717, 1.165) is 25.3 Å². The summed E-state index contributed by atoms with van der Waals surface area (Å²) in [5.41, 5.74) is 0.852. The monoisotopic (exact) mass is 282 g/mol. The molecule has 1 aromatic rings. The number of rotatable bonds is 4. The summed E-state index contributed by atoms with van der Waals surface area (Å²) in [7, 11) is -3.18. The first-order valence-electron chi connectivity index (χ1n) is 6.85. The lowest BCUT2D eigenvalue weighted by molar-refractivity contribution is 0.498. The SMILES string of the molecule is CCCS(=O)(=O)c1ccccc1N1CCNCC1C. The summed E-state index contributed by atoms with van der Waals surface area (Å²) in [4.78, 5) is 2.67. The summed E-state index contributed by atoms with van der Waals surface area (Å²) in [5, 5.41) is 3.33. The van der Waals surface area contributed by atoms with Gasteiger partial charge in [0.05, 0.1) is 16.3 Å². The maximum absolute atomic E-state index is 12.4. The lowest BCUT2D eigenvalue weighted by atomic mass is 10.2. The molecule has 0 bridgehead atoms. The minimum absolute atomic E-state index is 0.213. The van der Waals surface area contributed by atoms with Crippen LogP contribution in [0.4, 0.5) is 5.69 Å². The van der Waals surface area contributed by atoms with Gasteiger partial charge in [-0.15, -0.1) is 0 Å². The first-order chi connectivity index (χ1) is 9.06. The predicted molar refractivity (Wildman–Crippen MR) is 78.5 cm³/mol. The van der Waals surface area contributed by atoms with Crippen LogP contribution in [0.2, 0.25) is 0 Å². The highest BCUT2D eigenvalue weighted by Crippen LogP contribution is 2.28. The highest BCUT2D eigenvalue weighted by atomic mass is 32.2. The highest BCUT2D eigenvalue weighted by molar-refractivity contribution is 7.91. The van der Waals surface area contributed by atoms with Gasteiger partial charge in [-0.2, -0.15) is 0 Å². The Morgan fingerprint density at radius 2 is 2.11 bits per heavy atom. The van der Waals surface area contributed by atoms with Crippen molar-refractivity contribution in [3.63, 3.8) is 0 Å². The molecule has 5 heteroatoms. The maximum atomic E-state index is 12.4. The zero-order chi connectivity index (χ0) is 13.9. The minimum atomic E-state index is -3.18. The van der Waals surface area contributed by atoms with Gasteiger partial charge in [-0.05, 0) is 25.5 Å². The first kappa shape index (κ1) is 14.3. The van der Waals surface area contributed by atoms with Crippen molar-refractivity contribution >= 4 is 15.5 Å². The van der Waals surface area contributed by atoms with Crippen LogP contribution in [0.5, 0.6) is 0 Å². The van der Waals surface area contributed by atoms with Crippen LogP contribution in [0.1, 0.15) is 20.3 Å². The van der Waals surface area contributed by atoms with Crippen LogP contribution in [0, 0.1) is 0 Å². The van der Waals surface area contributed by atoms with Crippen molar-refractivity contribution in [3.05, 3.63) is 24.3 Å². The van der Waals surface area contributed by atoms with E-state index in [-0.39, 0.29) is 5.75 Å². The molecule has 106 valence electrons. The Morgan fingerprint density at radius 3 is 2.79 bits per heavy atom. The fourth-order valence-electron chi connectivity index (χ4n) is 2.54. The number of hydrogen-bond donors (Lipinski definition) is 1. The smallest absolute Gasteiger partial charge is 0.180 e. The fourth-order valence-corrected chi connectivity index (χ4v) is 4.08. The standard InChI is InChI=1S/C14H22N2O2S/c1-3-10-19(17,18)14-7-5-4-6-13(14)16-9-8-15-11-12(16)2/h4-7,12,15H,3,8-11H2,1-2H3. The summed E-state index contributed by atoms with van der Waals surface area (Å²) >= 11 is 0. The van der Waals surface area contributed by atoms with Gasteiger partial charge in [-0.25, -0.2) is 8.42 Å². The molecule has 0 spiro atoms. The van der Waals surface area contributed by atoms with Gasteiger partial charge in [-0.3, -0.25) is 0 Å². The third kappa shape index (κ3) is 3.09. The zero-order valence-electron chi connectivity index (χ0n) is 11.6. The summed E-state index contributed by atoms with van der Waals surface area (Å²) in [6.07, 6.45) is 0.647. The van der Waals surface area contributed by atoms with Gasteiger partial charge in [-0.1, -0.05) is 19.1 Å². The molecule has 2 rings (SSSR count). The van der Waals surface area contributed by atoms with Crippen LogP contribution in [-0.2, 0) is 9.84 Å². The molecule has 1 aliphatic heterocycles.